The summed E-state index contributed by atoms with van der Waals surface area (Å²) in [7, 11) is 3.22. The lowest BCUT2D eigenvalue weighted by molar-refractivity contribution is -0.142. The minimum Gasteiger partial charge on any atom is -0.493 e. The summed E-state index contributed by atoms with van der Waals surface area (Å²) in [5, 5.41) is 0. The molecule has 34 heavy (non-hydrogen) atoms. The third kappa shape index (κ3) is 7.27. The molecule has 1 saturated carbocycles. The van der Waals surface area contributed by atoms with Gasteiger partial charge in [0.25, 0.3) is 0 Å². The SMILES string of the molecule is COc1ccc(CCN(Cc2ccc(C)o2)C(=O)CN(C(=O)CC(C)(C)C)C2CC2)cc1OC. The molecule has 7 heteroatoms. The Labute approximate surface area is 203 Å². The molecule has 1 heterocycles. The molecule has 0 saturated heterocycles. The number of furan rings is 1. The Bertz CT molecular complexity index is 987. The molecule has 1 aromatic heterocycles. The van der Waals surface area contributed by atoms with Crippen LogP contribution < -0.4 is 9.47 Å². The van der Waals surface area contributed by atoms with Gasteiger partial charge in [-0.15, -0.1) is 0 Å². The molecule has 0 aliphatic heterocycles. The lowest BCUT2D eigenvalue weighted by Gasteiger charge is -2.29. The van der Waals surface area contributed by atoms with Gasteiger partial charge in [0.1, 0.15) is 18.1 Å². The number of hydrogen-bond donors (Lipinski definition) is 0. The van der Waals surface area contributed by atoms with E-state index in [1.54, 1.807) is 24.0 Å². The predicted molar refractivity (Wildman–Crippen MR) is 131 cm³/mol. The van der Waals surface area contributed by atoms with Crippen LogP contribution in [0.25, 0.3) is 0 Å². The first-order chi connectivity index (χ1) is 16.1. The van der Waals surface area contributed by atoms with Gasteiger partial charge in [-0.05, 0) is 61.4 Å². The van der Waals surface area contributed by atoms with Crippen molar-refractivity contribution in [3.63, 3.8) is 0 Å². The van der Waals surface area contributed by atoms with E-state index in [-0.39, 0.29) is 29.8 Å². The van der Waals surface area contributed by atoms with Gasteiger partial charge in [-0.3, -0.25) is 9.59 Å². The number of carbonyl (C=O) groups is 2. The molecule has 0 radical (unpaired) electrons. The second-order valence-corrected chi connectivity index (χ2v) is 10.3. The quantitative estimate of drug-likeness (QED) is 0.480. The predicted octanol–water partition coefficient (Wildman–Crippen LogP) is 4.60. The van der Waals surface area contributed by atoms with Gasteiger partial charge in [0.15, 0.2) is 11.5 Å². The van der Waals surface area contributed by atoms with Gasteiger partial charge >= 0.3 is 0 Å². The summed E-state index contributed by atoms with van der Waals surface area (Å²) in [5.41, 5.74) is 0.917. The van der Waals surface area contributed by atoms with Gasteiger partial charge in [-0.1, -0.05) is 26.8 Å². The highest BCUT2D eigenvalue weighted by molar-refractivity contribution is 5.85. The summed E-state index contributed by atoms with van der Waals surface area (Å²) >= 11 is 0. The molecule has 1 fully saturated rings. The first-order valence-corrected chi connectivity index (χ1v) is 11.9. The van der Waals surface area contributed by atoms with Gasteiger partial charge < -0.3 is 23.7 Å². The number of nitrogens with zero attached hydrogens (tertiary/aromatic N) is 2. The summed E-state index contributed by atoms with van der Waals surface area (Å²) < 4.78 is 16.5. The minimum atomic E-state index is -0.119. The molecular formula is C27H38N2O5. The maximum absolute atomic E-state index is 13.5. The third-order valence-electron chi connectivity index (χ3n) is 5.91. The van der Waals surface area contributed by atoms with Gasteiger partial charge in [0.2, 0.25) is 11.8 Å². The normalized spacial score (nSPS) is 13.5. The number of benzene rings is 1. The highest BCUT2D eigenvalue weighted by atomic mass is 16.5. The minimum absolute atomic E-state index is 0.0528. The summed E-state index contributed by atoms with van der Waals surface area (Å²) in [5.74, 6) is 2.86. The highest BCUT2D eigenvalue weighted by Crippen LogP contribution is 2.30. The van der Waals surface area contributed by atoms with E-state index in [0.717, 1.165) is 29.9 Å². The number of methoxy groups -OCH3 is 2. The molecule has 1 aliphatic rings. The maximum Gasteiger partial charge on any atom is 0.242 e. The number of ether oxygens (including phenoxy) is 2. The second kappa shape index (κ2) is 11.0. The fraction of sp³-hybridized carbons (Fsp3) is 0.556. The topological polar surface area (TPSA) is 72.2 Å². The van der Waals surface area contributed by atoms with Gasteiger partial charge in [-0.2, -0.15) is 0 Å². The smallest absolute Gasteiger partial charge is 0.242 e. The summed E-state index contributed by atoms with van der Waals surface area (Å²) in [6.45, 7) is 9.00. The van der Waals surface area contributed by atoms with Crippen LogP contribution in [0, 0.1) is 12.3 Å². The largest absolute Gasteiger partial charge is 0.493 e. The first-order valence-electron chi connectivity index (χ1n) is 11.9. The Morgan fingerprint density at radius 1 is 1.03 bits per heavy atom. The van der Waals surface area contributed by atoms with Crippen LogP contribution in [0.5, 0.6) is 11.5 Å². The molecule has 1 aliphatic carbocycles. The monoisotopic (exact) mass is 470 g/mol. The van der Waals surface area contributed by atoms with Crippen molar-refractivity contribution < 1.29 is 23.5 Å². The molecule has 186 valence electrons. The number of carbonyl (C=O) groups excluding carboxylic acids is 2. The standard InChI is InChI=1S/C27H38N2O5/c1-19-7-11-22(34-19)17-28(14-13-20-8-12-23(32-5)24(15-20)33-6)26(31)18-29(21-9-10-21)25(30)16-27(2,3)4/h7-8,11-12,15,21H,9-10,13-14,16-18H2,1-6H3. The van der Waals surface area contributed by atoms with E-state index >= 15 is 0 Å². The zero-order valence-electron chi connectivity index (χ0n) is 21.3. The number of hydrogen-bond acceptors (Lipinski definition) is 5. The van der Waals surface area contributed by atoms with Crippen LogP contribution in [0.3, 0.4) is 0 Å². The van der Waals surface area contributed by atoms with Crippen molar-refractivity contribution in [3.05, 3.63) is 47.4 Å². The van der Waals surface area contributed by atoms with Crippen LogP contribution in [0.2, 0.25) is 0 Å². The van der Waals surface area contributed by atoms with E-state index in [9.17, 15) is 9.59 Å². The molecule has 7 nitrogen and oxygen atoms in total. The molecule has 0 N–H and O–H groups in total. The number of rotatable bonds is 11. The van der Waals surface area contributed by atoms with Crippen LogP contribution in [0.1, 0.15) is 57.1 Å². The van der Waals surface area contributed by atoms with Crippen LogP contribution in [-0.4, -0.2) is 55.0 Å². The average molecular weight is 471 g/mol. The van der Waals surface area contributed by atoms with E-state index in [4.69, 9.17) is 13.9 Å². The van der Waals surface area contributed by atoms with Crippen LogP contribution in [0.15, 0.2) is 34.7 Å². The molecule has 0 bridgehead atoms. The molecular weight excluding hydrogens is 432 g/mol. The van der Waals surface area contributed by atoms with Gasteiger partial charge in [-0.25, -0.2) is 0 Å². The van der Waals surface area contributed by atoms with Crippen LogP contribution in [-0.2, 0) is 22.6 Å². The second-order valence-electron chi connectivity index (χ2n) is 10.3. The summed E-state index contributed by atoms with van der Waals surface area (Å²) in [6.07, 6.45) is 3.00. The first kappa shape index (κ1) is 25.7. The van der Waals surface area contributed by atoms with Crippen molar-refractivity contribution in [2.75, 3.05) is 27.3 Å². The van der Waals surface area contributed by atoms with Crippen molar-refractivity contribution in [1.82, 2.24) is 9.80 Å². The van der Waals surface area contributed by atoms with Gasteiger partial charge in [0.05, 0.1) is 20.8 Å². The zero-order valence-corrected chi connectivity index (χ0v) is 21.3. The Morgan fingerprint density at radius 3 is 2.29 bits per heavy atom. The van der Waals surface area contributed by atoms with Crippen molar-refractivity contribution >= 4 is 11.8 Å². The van der Waals surface area contributed by atoms with E-state index in [2.05, 4.69) is 0 Å². The third-order valence-corrected chi connectivity index (χ3v) is 5.91. The molecule has 0 unspecified atom stereocenters. The lowest BCUT2D eigenvalue weighted by Crippen LogP contribution is -2.45. The van der Waals surface area contributed by atoms with Crippen LogP contribution >= 0.6 is 0 Å². The van der Waals surface area contributed by atoms with E-state index in [1.165, 1.54) is 0 Å². The number of amides is 2. The maximum atomic E-state index is 13.5. The fourth-order valence-corrected chi connectivity index (χ4v) is 3.96. The fourth-order valence-electron chi connectivity index (χ4n) is 3.96. The zero-order chi connectivity index (χ0) is 24.9. The molecule has 2 aromatic rings. The van der Waals surface area contributed by atoms with Crippen molar-refractivity contribution in [3.8, 4) is 11.5 Å². The lowest BCUT2D eigenvalue weighted by atomic mass is 9.91. The highest BCUT2D eigenvalue weighted by Gasteiger charge is 2.36. The summed E-state index contributed by atoms with van der Waals surface area (Å²) in [4.78, 5) is 30.0. The molecule has 0 atom stereocenters. The van der Waals surface area contributed by atoms with Crippen molar-refractivity contribution in [1.29, 1.82) is 0 Å². The Morgan fingerprint density at radius 2 is 1.74 bits per heavy atom. The van der Waals surface area contributed by atoms with E-state index in [1.807, 2.05) is 58.0 Å². The Balaban J connectivity index is 1.74. The average Bonchev–Trinajstić information content (AvgIpc) is 3.54. The van der Waals surface area contributed by atoms with Gasteiger partial charge in [0, 0.05) is 19.0 Å². The van der Waals surface area contributed by atoms with E-state index < -0.39 is 0 Å². The Kier molecular flexibility index (Phi) is 8.28. The Hall–Kier alpha value is -2.96. The summed E-state index contributed by atoms with van der Waals surface area (Å²) in [6, 6.07) is 9.76. The van der Waals surface area contributed by atoms with Crippen molar-refractivity contribution in [2.24, 2.45) is 5.41 Å². The molecule has 0 spiro atoms. The van der Waals surface area contributed by atoms with E-state index in [0.29, 0.717) is 37.4 Å². The molecule has 2 amide bonds. The van der Waals surface area contributed by atoms with Crippen molar-refractivity contribution in [2.45, 2.75) is 66.0 Å². The van der Waals surface area contributed by atoms with Crippen LogP contribution in [0.4, 0.5) is 0 Å². The molecule has 1 aromatic carbocycles. The molecule has 3 rings (SSSR count). The number of aryl methyl sites for hydroxylation is 1.